The van der Waals surface area contributed by atoms with E-state index < -0.39 is 5.60 Å². The fourth-order valence-corrected chi connectivity index (χ4v) is 1.42. The largest absolute Gasteiger partial charge is 0.384 e. The van der Waals surface area contributed by atoms with E-state index in [0.717, 1.165) is 17.5 Å². The number of hydrogen-bond acceptors (Lipinski definition) is 2. The standard InChI is InChI=1S/C12H18FNO/c1-12(15,9-14)11-6-4-10(5-7-11)3-2-8-13/h4-7,15H,2-3,8-9,14H2,1H3. The molecule has 0 bridgehead atoms. The molecule has 0 spiro atoms. The minimum Gasteiger partial charge on any atom is -0.384 e. The number of halogens is 1. The van der Waals surface area contributed by atoms with Gasteiger partial charge < -0.3 is 10.8 Å². The minimum absolute atomic E-state index is 0.191. The van der Waals surface area contributed by atoms with Crippen LogP contribution in [0.15, 0.2) is 24.3 Å². The number of rotatable bonds is 5. The van der Waals surface area contributed by atoms with Crippen LogP contribution < -0.4 is 5.73 Å². The molecule has 0 aliphatic carbocycles. The van der Waals surface area contributed by atoms with Gasteiger partial charge in [0.05, 0.1) is 12.3 Å². The molecule has 0 saturated heterocycles. The van der Waals surface area contributed by atoms with Crippen LogP contribution in [0.2, 0.25) is 0 Å². The highest BCUT2D eigenvalue weighted by atomic mass is 19.1. The summed E-state index contributed by atoms with van der Waals surface area (Å²) in [5.74, 6) is 0. The van der Waals surface area contributed by atoms with Gasteiger partial charge in [-0.05, 0) is 30.9 Å². The summed E-state index contributed by atoms with van der Waals surface area (Å²) in [6.07, 6.45) is 1.29. The lowest BCUT2D eigenvalue weighted by atomic mass is 9.95. The van der Waals surface area contributed by atoms with Crippen LogP contribution in [-0.2, 0) is 12.0 Å². The molecule has 1 unspecified atom stereocenters. The highest BCUT2D eigenvalue weighted by Crippen LogP contribution is 2.19. The Morgan fingerprint density at radius 1 is 1.33 bits per heavy atom. The molecule has 0 aliphatic heterocycles. The predicted molar refractivity (Wildman–Crippen MR) is 59.4 cm³/mol. The van der Waals surface area contributed by atoms with Crippen molar-refractivity contribution >= 4 is 0 Å². The van der Waals surface area contributed by atoms with E-state index in [0.29, 0.717) is 6.42 Å². The monoisotopic (exact) mass is 211 g/mol. The second kappa shape index (κ2) is 5.24. The van der Waals surface area contributed by atoms with Crippen molar-refractivity contribution in [2.75, 3.05) is 13.2 Å². The van der Waals surface area contributed by atoms with Gasteiger partial charge in [-0.2, -0.15) is 0 Å². The first kappa shape index (κ1) is 12.1. The summed E-state index contributed by atoms with van der Waals surface area (Å²) < 4.78 is 11.9. The van der Waals surface area contributed by atoms with Gasteiger partial charge in [0.25, 0.3) is 0 Å². The van der Waals surface area contributed by atoms with E-state index in [-0.39, 0.29) is 13.2 Å². The molecule has 2 nitrogen and oxygen atoms in total. The van der Waals surface area contributed by atoms with Crippen LogP contribution in [0.1, 0.15) is 24.5 Å². The Morgan fingerprint density at radius 3 is 2.40 bits per heavy atom. The maximum atomic E-state index is 11.9. The molecule has 1 aromatic rings. The van der Waals surface area contributed by atoms with E-state index in [4.69, 9.17) is 5.73 Å². The maximum absolute atomic E-state index is 11.9. The first-order chi connectivity index (χ1) is 7.10. The Morgan fingerprint density at radius 2 is 1.93 bits per heavy atom. The van der Waals surface area contributed by atoms with Crippen molar-refractivity contribution in [2.24, 2.45) is 5.73 Å². The van der Waals surface area contributed by atoms with Gasteiger partial charge in [-0.25, -0.2) is 0 Å². The molecule has 0 fully saturated rings. The molecule has 1 rings (SSSR count). The lowest BCUT2D eigenvalue weighted by Gasteiger charge is -2.21. The van der Waals surface area contributed by atoms with Crippen molar-refractivity contribution < 1.29 is 9.50 Å². The average Bonchev–Trinajstić information content (AvgIpc) is 2.27. The lowest BCUT2D eigenvalue weighted by molar-refractivity contribution is 0.0668. The Kier molecular flexibility index (Phi) is 4.24. The summed E-state index contributed by atoms with van der Waals surface area (Å²) in [7, 11) is 0. The van der Waals surface area contributed by atoms with Crippen molar-refractivity contribution in [3.05, 3.63) is 35.4 Å². The fraction of sp³-hybridized carbons (Fsp3) is 0.500. The Hall–Kier alpha value is -0.930. The number of benzene rings is 1. The highest BCUT2D eigenvalue weighted by molar-refractivity contribution is 5.27. The van der Waals surface area contributed by atoms with E-state index in [1.165, 1.54) is 0 Å². The van der Waals surface area contributed by atoms with Crippen LogP contribution in [0.3, 0.4) is 0 Å². The molecule has 0 radical (unpaired) electrons. The summed E-state index contributed by atoms with van der Waals surface area (Å²) >= 11 is 0. The molecule has 0 amide bonds. The number of nitrogens with two attached hydrogens (primary N) is 1. The maximum Gasteiger partial charge on any atom is 0.0990 e. The summed E-state index contributed by atoms with van der Waals surface area (Å²) in [5, 5.41) is 9.88. The van der Waals surface area contributed by atoms with Crippen molar-refractivity contribution in [1.82, 2.24) is 0 Å². The third kappa shape index (κ3) is 3.29. The van der Waals surface area contributed by atoms with Gasteiger partial charge in [-0.3, -0.25) is 4.39 Å². The van der Waals surface area contributed by atoms with Gasteiger partial charge in [-0.15, -0.1) is 0 Å². The van der Waals surface area contributed by atoms with Gasteiger partial charge >= 0.3 is 0 Å². The second-order valence-corrected chi connectivity index (χ2v) is 3.97. The predicted octanol–water partition coefficient (Wildman–Crippen LogP) is 1.75. The smallest absolute Gasteiger partial charge is 0.0990 e. The molecule has 1 aromatic carbocycles. The van der Waals surface area contributed by atoms with E-state index >= 15 is 0 Å². The third-order valence-corrected chi connectivity index (χ3v) is 2.57. The van der Waals surface area contributed by atoms with Crippen molar-refractivity contribution in [1.29, 1.82) is 0 Å². The normalized spacial score (nSPS) is 14.9. The van der Waals surface area contributed by atoms with Gasteiger partial charge in [0.2, 0.25) is 0 Å². The quantitative estimate of drug-likeness (QED) is 0.779. The van der Waals surface area contributed by atoms with Crippen LogP contribution in [-0.4, -0.2) is 18.3 Å². The van der Waals surface area contributed by atoms with Crippen LogP contribution in [0.25, 0.3) is 0 Å². The molecular weight excluding hydrogens is 193 g/mol. The van der Waals surface area contributed by atoms with E-state index in [9.17, 15) is 9.50 Å². The van der Waals surface area contributed by atoms with E-state index in [1.54, 1.807) is 6.92 Å². The molecule has 0 aliphatic rings. The zero-order chi connectivity index (χ0) is 11.3. The van der Waals surface area contributed by atoms with Crippen LogP contribution in [0.4, 0.5) is 4.39 Å². The molecule has 84 valence electrons. The second-order valence-electron chi connectivity index (χ2n) is 3.97. The summed E-state index contributed by atoms with van der Waals surface area (Å²) in [6.45, 7) is 1.59. The number of aryl methyl sites for hydroxylation is 1. The van der Waals surface area contributed by atoms with Gasteiger partial charge in [0.15, 0.2) is 0 Å². The van der Waals surface area contributed by atoms with Crippen LogP contribution >= 0.6 is 0 Å². The Bertz CT molecular complexity index is 295. The molecule has 1 atom stereocenters. The van der Waals surface area contributed by atoms with Gasteiger partial charge in [0, 0.05) is 6.54 Å². The molecule has 0 aromatic heterocycles. The third-order valence-electron chi connectivity index (χ3n) is 2.57. The van der Waals surface area contributed by atoms with E-state index in [1.807, 2.05) is 24.3 Å². The molecular formula is C12H18FNO. The topological polar surface area (TPSA) is 46.2 Å². The Balaban J connectivity index is 2.72. The van der Waals surface area contributed by atoms with Crippen molar-refractivity contribution in [2.45, 2.75) is 25.4 Å². The molecule has 3 N–H and O–H groups in total. The lowest BCUT2D eigenvalue weighted by Crippen LogP contribution is -2.31. The first-order valence-corrected chi connectivity index (χ1v) is 5.18. The summed E-state index contributed by atoms with van der Waals surface area (Å²) in [5.41, 5.74) is 6.37. The minimum atomic E-state index is -0.974. The zero-order valence-electron chi connectivity index (χ0n) is 9.04. The van der Waals surface area contributed by atoms with Crippen LogP contribution in [0, 0.1) is 0 Å². The number of alkyl halides is 1. The molecule has 3 heteroatoms. The SMILES string of the molecule is CC(O)(CN)c1ccc(CCCF)cc1. The zero-order valence-corrected chi connectivity index (χ0v) is 9.04. The summed E-state index contributed by atoms with van der Waals surface area (Å²) in [6, 6.07) is 7.52. The summed E-state index contributed by atoms with van der Waals surface area (Å²) in [4.78, 5) is 0. The number of hydrogen-bond donors (Lipinski definition) is 2. The molecule has 15 heavy (non-hydrogen) atoms. The Labute approximate surface area is 89.9 Å². The van der Waals surface area contributed by atoms with Crippen molar-refractivity contribution in [3.8, 4) is 0 Å². The average molecular weight is 211 g/mol. The van der Waals surface area contributed by atoms with Gasteiger partial charge in [0.1, 0.15) is 0 Å². The first-order valence-electron chi connectivity index (χ1n) is 5.18. The fourth-order valence-electron chi connectivity index (χ4n) is 1.42. The molecule has 0 saturated carbocycles. The van der Waals surface area contributed by atoms with Crippen LogP contribution in [0.5, 0.6) is 0 Å². The molecule has 0 heterocycles. The number of aliphatic hydroxyl groups is 1. The van der Waals surface area contributed by atoms with Gasteiger partial charge in [-0.1, -0.05) is 24.3 Å². The van der Waals surface area contributed by atoms with Crippen molar-refractivity contribution in [3.63, 3.8) is 0 Å². The van der Waals surface area contributed by atoms with E-state index in [2.05, 4.69) is 0 Å². The highest BCUT2D eigenvalue weighted by Gasteiger charge is 2.20.